The summed E-state index contributed by atoms with van der Waals surface area (Å²) in [6.07, 6.45) is 0.406. The fourth-order valence-electron chi connectivity index (χ4n) is 2.53. The number of fused-ring (bicyclic) bond motifs is 2. The lowest BCUT2D eigenvalue weighted by molar-refractivity contribution is -0.168. The zero-order valence-electron chi connectivity index (χ0n) is 11.7. The van der Waals surface area contributed by atoms with Crippen LogP contribution >= 0.6 is 0 Å². The van der Waals surface area contributed by atoms with Crippen molar-refractivity contribution in [3.05, 3.63) is 23.6 Å². The minimum absolute atomic E-state index is 0.255. The first-order chi connectivity index (χ1) is 9.88. The van der Waals surface area contributed by atoms with Gasteiger partial charge in [0.15, 0.2) is 0 Å². The highest BCUT2D eigenvalue weighted by Gasteiger charge is 2.63. The van der Waals surface area contributed by atoms with E-state index in [2.05, 4.69) is 16.7 Å². The van der Waals surface area contributed by atoms with Gasteiger partial charge < -0.3 is 14.8 Å². The molecule has 1 heterocycles. The number of esters is 2. The summed E-state index contributed by atoms with van der Waals surface area (Å²) in [6.45, 7) is 11.9. The van der Waals surface area contributed by atoms with Crippen LogP contribution in [0.4, 0.5) is 0 Å². The molecule has 2 aliphatic rings. The zero-order chi connectivity index (χ0) is 15.6. The first kappa shape index (κ1) is 15.0. The molecule has 1 saturated carbocycles. The third kappa shape index (κ3) is 2.89. The quantitative estimate of drug-likeness (QED) is 0.465. The van der Waals surface area contributed by atoms with Gasteiger partial charge in [-0.1, -0.05) is 6.58 Å². The molecular weight excluding hydrogens is 276 g/mol. The average molecular weight is 292 g/mol. The summed E-state index contributed by atoms with van der Waals surface area (Å²) >= 11 is 0. The van der Waals surface area contributed by atoms with Crippen molar-refractivity contribution in [2.24, 2.45) is 5.92 Å². The van der Waals surface area contributed by atoms with Gasteiger partial charge in [0.2, 0.25) is 12.0 Å². The molecule has 7 heteroatoms. The van der Waals surface area contributed by atoms with Gasteiger partial charge in [0, 0.05) is 5.57 Å². The number of nitrogens with zero attached hydrogens (tertiary/aromatic N) is 1. The molecule has 0 spiro atoms. The molecule has 1 saturated heterocycles. The number of carbonyl (C=O) groups excluding carboxylic acids is 3. The number of nitrogens with one attached hydrogen (secondary N) is 1. The molecule has 3 atom stereocenters. The Hall–Kier alpha value is -2.36. The second-order valence-corrected chi connectivity index (χ2v) is 5.30. The van der Waals surface area contributed by atoms with E-state index in [1.165, 1.54) is 6.92 Å². The van der Waals surface area contributed by atoms with Crippen LogP contribution in [0, 0.1) is 12.5 Å². The summed E-state index contributed by atoms with van der Waals surface area (Å²) in [5.41, 5.74) is -1.11. The predicted molar refractivity (Wildman–Crippen MR) is 70.5 cm³/mol. The van der Waals surface area contributed by atoms with Gasteiger partial charge in [-0.05, 0) is 19.8 Å². The summed E-state index contributed by atoms with van der Waals surface area (Å²) in [5.74, 6) is -1.79. The standard InChI is InChI=1S/C14H16N2O5/c1-8(2)12(18)16-7-11(17)20-10-5-4-9-6-14(10,15-3)21-13(9)19/h9-10H,1,4-7H2,2H3,(H,16,18). The van der Waals surface area contributed by atoms with Crippen LogP contribution in [0.3, 0.4) is 0 Å². The maximum absolute atomic E-state index is 11.7. The Morgan fingerprint density at radius 2 is 2.29 bits per heavy atom. The van der Waals surface area contributed by atoms with E-state index in [1.54, 1.807) is 0 Å². The first-order valence-electron chi connectivity index (χ1n) is 6.62. The van der Waals surface area contributed by atoms with Crippen LogP contribution in [0.1, 0.15) is 26.2 Å². The number of hydrogen-bond donors (Lipinski definition) is 1. The lowest BCUT2D eigenvalue weighted by atomic mass is 9.84. The molecule has 0 aromatic carbocycles. The second kappa shape index (κ2) is 5.56. The smallest absolute Gasteiger partial charge is 0.415 e. The van der Waals surface area contributed by atoms with E-state index in [9.17, 15) is 14.4 Å². The first-order valence-corrected chi connectivity index (χ1v) is 6.62. The number of ether oxygens (including phenoxy) is 2. The molecule has 0 aromatic heterocycles. The van der Waals surface area contributed by atoms with Gasteiger partial charge >= 0.3 is 17.7 Å². The molecule has 1 aliphatic heterocycles. The van der Waals surface area contributed by atoms with E-state index in [-0.39, 0.29) is 24.5 Å². The van der Waals surface area contributed by atoms with Gasteiger partial charge in [-0.2, -0.15) is 0 Å². The molecule has 1 N–H and O–H groups in total. The average Bonchev–Trinajstić information content (AvgIpc) is 2.72. The van der Waals surface area contributed by atoms with Gasteiger partial charge in [-0.3, -0.25) is 19.2 Å². The molecule has 1 aliphatic carbocycles. The van der Waals surface area contributed by atoms with Crippen LogP contribution in [-0.2, 0) is 23.9 Å². The molecule has 2 rings (SSSR count). The molecule has 0 aromatic rings. The van der Waals surface area contributed by atoms with Gasteiger partial charge in [0.1, 0.15) is 6.54 Å². The van der Waals surface area contributed by atoms with Gasteiger partial charge in [0.05, 0.1) is 12.3 Å². The van der Waals surface area contributed by atoms with E-state index in [0.29, 0.717) is 12.8 Å². The highest BCUT2D eigenvalue weighted by atomic mass is 16.6. The van der Waals surface area contributed by atoms with Gasteiger partial charge in [0.25, 0.3) is 0 Å². The fourth-order valence-corrected chi connectivity index (χ4v) is 2.53. The molecule has 2 bridgehead atoms. The minimum atomic E-state index is -1.39. The number of rotatable bonds is 4. The van der Waals surface area contributed by atoms with Crippen molar-refractivity contribution in [2.75, 3.05) is 6.54 Å². The van der Waals surface area contributed by atoms with Crippen LogP contribution < -0.4 is 5.32 Å². The molecule has 7 nitrogen and oxygen atoms in total. The molecule has 0 radical (unpaired) electrons. The maximum Gasteiger partial charge on any atom is 0.415 e. The number of amides is 1. The van der Waals surface area contributed by atoms with Crippen molar-refractivity contribution in [1.29, 1.82) is 0 Å². The van der Waals surface area contributed by atoms with Crippen molar-refractivity contribution >= 4 is 17.8 Å². The van der Waals surface area contributed by atoms with Gasteiger partial charge in [-0.15, -0.1) is 0 Å². The van der Waals surface area contributed by atoms with Crippen molar-refractivity contribution in [3.8, 4) is 0 Å². The Morgan fingerprint density at radius 1 is 1.57 bits per heavy atom. The lowest BCUT2D eigenvalue weighted by Crippen LogP contribution is -2.45. The third-order valence-electron chi connectivity index (χ3n) is 3.67. The van der Waals surface area contributed by atoms with Crippen LogP contribution in [-0.4, -0.2) is 36.2 Å². The van der Waals surface area contributed by atoms with Crippen LogP contribution in [0.5, 0.6) is 0 Å². The predicted octanol–water partition coefficient (Wildman–Crippen LogP) is 0.563. The number of carbonyl (C=O) groups is 3. The largest absolute Gasteiger partial charge is 0.448 e. The van der Waals surface area contributed by atoms with Crippen molar-refractivity contribution in [1.82, 2.24) is 5.32 Å². The molecule has 3 unspecified atom stereocenters. The molecule has 21 heavy (non-hydrogen) atoms. The normalized spacial score (nSPS) is 30.0. The highest BCUT2D eigenvalue weighted by molar-refractivity contribution is 5.94. The molecule has 112 valence electrons. The van der Waals surface area contributed by atoms with E-state index < -0.39 is 29.7 Å². The summed E-state index contributed by atoms with van der Waals surface area (Å²) in [4.78, 5) is 38.0. The summed E-state index contributed by atoms with van der Waals surface area (Å²) in [5, 5.41) is 2.36. The van der Waals surface area contributed by atoms with E-state index in [0.717, 1.165) is 0 Å². The Morgan fingerprint density at radius 3 is 2.90 bits per heavy atom. The Bertz CT molecular complexity index is 550. The number of hydrogen-bond acceptors (Lipinski definition) is 5. The molecule has 2 fully saturated rings. The summed E-state index contributed by atoms with van der Waals surface area (Å²) in [7, 11) is 0. The van der Waals surface area contributed by atoms with Crippen molar-refractivity contribution in [2.45, 2.75) is 38.0 Å². The highest BCUT2D eigenvalue weighted by Crippen LogP contribution is 2.45. The van der Waals surface area contributed by atoms with Crippen molar-refractivity contribution < 1.29 is 23.9 Å². The third-order valence-corrected chi connectivity index (χ3v) is 3.67. The fraction of sp³-hybridized carbons (Fsp3) is 0.571. The maximum atomic E-state index is 11.7. The van der Waals surface area contributed by atoms with E-state index in [1.807, 2.05) is 0 Å². The molecular formula is C14H16N2O5. The zero-order valence-corrected chi connectivity index (χ0v) is 11.7. The monoisotopic (exact) mass is 292 g/mol. The van der Waals surface area contributed by atoms with Crippen LogP contribution in [0.2, 0.25) is 0 Å². The van der Waals surface area contributed by atoms with Crippen molar-refractivity contribution in [3.63, 3.8) is 0 Å². The second-order valence-electron chi connectivity index (χ2n) is 5.30. The molecule has 1 amide bonds. The topological polar surface area (TPSA) is 86.1 Å². The Kier molecular flexibility index (Phi) is 3.98. The lowest BCUT2D eigenvalue weighted by Gasteiger charge is -2.27. The summed E-state index contributed by atoms with van der Waals surface area (Å²) in [6, 6.07) is 0. The van der Waals surface area contributed by atoms with Gasteiger partial charge in [-0.25, -0.2) is 6.57 Å². The van der Waals surface area contributed by atoms with Crippen LogP contribution in [0.25, 0.3) is 4.85 Å². The van der Waals surface area contributed by atoms with E-state index >= 15 is 0 Å². The SMILES string of the molecule is [C-]#[N+]C12CC(CCC1OC(=O)CNC(=O)C(=C)C)C(=O)O2. The minimum Gasteiger partial charge on any atom is -0.448 e. The Balaban J connectivity index is 1.95. The Labute approximate surface area is 122 Å². The summed E-state index contributed by atoms with van der Waals surface area (Å²) < 4.78 is 10.3. The van der Waals surface area contributed by atoms with E-state index in [4.69, 9.17) is 16.0 Å². The van der Waals surface area contributed by atoms with Crippen LogP contribution in [0.15, 0.2) is 12.2 Å².